The van der Waals surface area contributed by atoms with Crippen molar-refractivity contribution in [3.8, 4) is 0 Å². The zero-order chi connectivity index (χ0) is 38.6. The predicted octanol–water partition coefficient (Wildman–Crippen LogP) is 2.78. The molecule has 1 saturated carbocycles. The number of hydrogen-bond acceptors (Lipinski definition) is 9. The Morgan fingerprint density at radius 3 is 2.20 bits per heavy atom. The Morgan fingerprint density at radius 2 is 1.67 bits per heavy atom. The first kappa shape index (κ1) is 41.4. The van der Waals surface area contributed by atoms with Crippen molar-refractivity contribution in [1.29, 1.82) is 0 Å². The van der Waals surface area contributed by atoms with Gasteiger partial charge in [-0.1, -0.05) is 60.5 Å². The van der Waals surface area contributed by atoms with E-state index in [1.807, 2.05) is 41.5 Å². The van der Waals surface area contributed by atoms with Crippen molar-refractivity contribution in [3.63, 3.8) is 0 Å². The zero-order valence-electron chi connectivity index (χ0n) is 31.8. The molecule has 1 aromatic heterocycles. The Hall–Kier alpha value is -4.01. The van der Waals surface area contributed by atoms with Crippen LogP contribution in [0, 0.1) is 22.7 Å². The highest BCUT2D eigenvalue weighted by molar-refractivity contribution is 7.10. The molecule has 1 aliphatic heterocycles. The largest absolute Gasteiger partial charge is 0.444 e. The van der Waals surface area contributed by atoms with Gasteiger partial charge >= 0.3 is 6.09 Å². The molecule has 1 aliphatic carbocycles. The number of ether oxygens (including phenoxy) is 1. The van der Waals surface area contributed by atoms with E-state index in [1.54, 1.807) is 52.4 Å². The lowest BCUT2D eigenvalue weighted by molar-refractivity contribution is -0.145. The molecule has 2 fully saturated rings. The van der Waals surface area contributed by atoms with Crippen molar-refractivity contribution in [2.24, 2.45) is 22.7 Å². The van der Waals surface area contributed by atoms with Gasteiger partial charge in [0.05, 0.1) is 12.6 Å². The summed E-state index contributed by atoms with van der Waals surface area (Å²) >= 11 is 1.29. The zero-order valence-corrected chi connectivity index (χ0v) is 32.6. The third-order valence-electron chi connectivity index (χ3n) is 9.47. The minimum Gasteiger partial charge on any atom is -0.444 e. The number of likely N-dealkylation sites (tertiary alicyclic amines) is 1. The van der Waals surface area contributed by atoms with Gasteiger partial charge in [0.1, 0.15) is 23.7 Å². The van der Waals surface area contributed by atoms with Gasteiger partial charge in [-0.2, -0.15) is 0 Å². The average molecular weight is 733 g/mol. The summed E-state index contributed by atoms with van der Waals surface area (Å²) < 4.78 is 5.43. The molecule has 1 aromatic rings. The molecule has 51 heavy (non-hydrogen) atoms. The van der Waals surface area contributed by atoms with Crippen LogP contribution in [0.4, 0.5) is 4.79 Å². The second-order valence-electron chi connectivity index (χ2n) is 16.3. The summed E-state index contributed by atoms with van der Waals surface area (Å²) in [5, 5.41) is 12.2. The SMILES string of the molecule is CCCCC(NC(=O)[C@@H]1C2C(CN1C(=O)[C@@H](NC(=O)OC(C)(C)C)C(C)(C)C)C2(C)C)C(=O)C(=O)NCC(=O)N[C@H](C(=O)N(C)C)c1cccs1. The lowest BCUT2D eigenvalue weighted by Gasteiger charge is -2.38. The second kappa shape index (κ2) is 16.1. The number of ketones is 1. The van der Waals surface area contributed by atoms with Crippen LogP contribution in [0.2, 0.25) is 0 Å². The highest BCUT2D eigenvalue weighted by atomic mass is 32.1. The van der Waals surface area contributed by atoms with Crippen LogP contribution in [0.15, 0.2) is 17.5 Å². The summed E-state index contributed by atoms with van der Waals surface area (Å²) in [4.78, 5) is 96.5. The van der Waals surface area contributed by atoms with Crippen LogP contribution in [0.1, 0.15) is 92.5 Å². The second-order valence-corrected chi connectivity index (χ2v) is 17.3. The number of carbonyl (C=O) groups excluding carboxylic acids is 7. The Balaban J connectivity index is 1.75. The number of piperidine rings is 1. The Kier molecular flexibility index (Phi) is 13.1. The monoisotopic (exact) mass is 732 g/mol. The normalized spacial score (nSPS) is 20.9. The summed E-state index contributed by atoms with van der Waals surface area (Å²) in [6.07, 6.45) is 0.624. The minimum absolute atomic E-state index is 0.0309. The van der Waals surface area contributed by atoms with E-state index in [4.69, 9.17) is 4.74 Å². The fourth-order valence-electron chi connectivity index (χ4n) is 6.57. The number of unbranched alkanes of at least 4 members (excludes halogenated alkanes) is 1. The van der Waals surface area contributed by atoms with Gasteiger partial charge in [0.2, 0.25) is 29.4 Å². The molecule has 0 radical (unpaired) electrons. The maximum Gasteiger partial charge on any atom is 0.408 e. The molecule has 0 spiro atoms. The van der Waals surface area contributed by atoms with Gasteiger partial charge < -0.3 is 35.8 Å². The quantitative estimate of drug-likeness (QED) is 0.211. The molecule has 15 heteroatoms. The molecular weight excluding hydrogens is 676 g/mol. The van der Waals surface area contributed by atoms with Gasteiger partial charge in [0.25, 0.3) is 5.91 Å². The predicted molar refractivity (Wildman–Crippen MR) is 192 cm³/mol. The highest BCUT2D eigenvalue weighted by Gasteiger charge is 2.70. The average Bonchev–Trinajstić information content (AvgIpc) is 3.46. The molecular formula is C36H56N6O8S. The summed E-state index contributed by atoms with van der Waals surface area (Å²) in [5.74, 6) is -4.17. The van der Waals surface area contributed by atoms with Crippen LogP contribution in [0.5, 0.6) is 0 Å². The van der Waals surface area contributed by atoms with Crippen LogP contribution < -0.4 is 21.3 Å². The van der Waals surface area contributed by atoms with E-state index < -0.39 is 77.2 Å². The fraction of sp³-hybridized carbons (Fsp3) is 0.694. The van der Waals surface area contributed by atoms with E-state index in [0.29, 0.717) is 24.3 Å². The number of fused-ring (bicyclic) bond motifs is 1. The number of nitrogens with zero attached hydrogens (tertiary/aromatic N) is 2. The summed E-state index contributed by atoms with van der Waals surface area (Å²) in [5.41, 5.74) is -1.76. The number of rotatable bonds is 14. The molecule has 3 unspecified atom stereocenters. The van der Waals surface area contributed by atoms with Crippen molar-refractivity contribution < 1.29 is 38.3 Å². The smallest absolute Gasteiger partial charge is 0.408 e. The molecule has 2 heterocycles. The van der Waals surface area contributed by atoms with Gasteiger partial charge in [-0.25, -0.2) is 4.79 Å². The van der Waals surface area contributed by atoms with E-state index in [2.05, 4.69) is 21.3 Å². The molecule has 1 saturated heterocycles. The van der Waals surface area contributed by atoms with Gasteiger partial charge in [-0.15, -0.1) is 11.3 Å². The first-order valence-corrected chi connectivity index (χ1v) is 18.4. The highest BCUT2D eigenvalue weighted by Crippen LogP contribution is 2.65. The molecule has 0 bridgehead atoms. The van der Waals surface area contributed by atoms with Crippen molar-refractivity contribution in [2.45, 2.75) is 111 Å². The van der Waals surface area contributed by atoms with Gasteiger partial charge in [0, 0.05) is 25.5 Å². The Morgan fingerprint density at radius 1 is 1.02 bits per heavy atom. The van der Waals surface area contributed by atoms with E-state index in [0.717, 1.165) is 0 Å². The topological polar surface area (TPSA) is 183 Å². The van der Waals surface area contributed by atoms with Crippen LogP contribution in [-0.2, 0) is 33.5 Å². The van der Waals surface area contributed by atoms with Crippen LogP contribution in [0.3, 0.4) is 0 Å². The van der Waals surface area contributed by atoms with Crippen LogP contribution in [0.25, 0.3) is 0 Å². The molecule has 0 aromatic carbocycles. The molecule has 2 aliphatic rings. The lowest BCUT2D eigenvalue weighted by atomic mass is 9.85. The van der Waals surface area contributed by atoms with Crippen LogP contribution in [-0.4, -0.2) is 102 Å². The maximum atomic E-state index is 14.1. The third-order valence-corrected chi connectivity index (χ3v) is 10.4. The van der Waals surface area contributed by atoms with Crippen molar-refractivity contribution in [2.75, 3.05) is 27.2 Å². The summed E-state index contributed by atoms with van der Waals surface area (Å²) in [6.45, 7) is 16.3. The third kappa shape index (κ3) is 10.3. The number of nitrogens with one attached hydrogen (secondary N) is 4. The standard InChI is InChI=1S/C36H56N6O8S/c1-12-13-15-21(27(44)30(46)37-18-23(43)39-25(31(47)41(10)11)22-16-14-17-51-22)38-29(45)26-24-20(36(24,8)9)19-42(26)32(48)28(34(2,3)4)40-33(49)50-35(5,6)7/h14,16-17,20-21,24-26,28H,12-13,15,18-19H2,1-11H3,(H,37,46)(H,38,45)(H,39,43)(H,40,49)/t20?,21?,24?,25-,26-,28+/m0/s1. The first-order valence-electron chi connectivity index (χ1n) is 17.5. The summed E-state index contributed by atoms with van der Waals surface area (Å²) in [6, 6.07) is -0.637. The van der Waals surface area contributed by atoms with Gasteiger partial charge in [-0.3, -0.25) is 28.8 Å². The van der Waals surface area contributed by atoms with Crippen molar-refractivity contribution >= 4 is 52.7 Å². The number of Topliss-reactive ketones (excluding diaryl/α,β-unsaturated/α-hetero) is 1. The van der Waals surface area contributed by atoms with Crippen molar-refractivity contribution in [3.05, 3.63) is 22.4 Å². The number of alkyl carbamates (subject to hydrolysis) is 1. The number of amides is 6. The van der Waals surface area contributed by atoms with E-state index in [9.17, 15) is 33.6 Å². The molecule has 6 amide bonds. The summed E-state index contributed by atoms with van der Waals surface area (Å²) in [7, 11) is 3.13. The van der Waals surface area contributed by atoms with E-state index in [-0.39, 0.29) is 29.6 Å². The Labute approximate surface area is 305 Å². The maximum absolute atomic E-state index is 14.1. The molecule has 284 valence electrons. The minimum atomic E-state index is -1.20. The van der Waals surface area contributed by atoms with E-state index >= 15 is 0 Å². The van der Waals surface area contributed by atoms with Crippen molar-refractivity contribution in [1.82, 2.24) is 31.1 Å². The Bertz CT molecular complexity index is 1480. The van der Waals surface area contributed by atoms with Gasteiger partial charge in [0.15, 0.2) is 0 Å². The number of thiophene rings is 1. The molecule has 14 nitrogen and oxygen atoms in total. The molecule has 3 rings (SSSR count). The lowest BCUT2D eigenvalue weighted by Crippen LogP contribution is -2.60. The van der Waals surface area contributed by atoms with Crippen LogP contribution >= 0.6 is 11.3 Å². The van der Waals surface area contributed by atoms with Gasteiger partial charge in [-0.05, 0) is 61.3 Å². The number of carbonyl (C=O) groups is 7. The number of likely N-dealkylation sites (N-methyl/N-ethyl adjacent to an activating group) is 1. The molecule has 6 atom stereocenters. The molecule has 4 N–H and O–H groups in total. The first-order chi connectivity index (χ1) is 23.5. The number of hydrogen-bond donors (Lipinski definition) is 4. The fourth-order valence-corrected chi connectivity index (χ4v) is 7.34. The van der Waals surface area contributed by atoms with E-state index in [1.165, 1.54) is 21.1 Å².